The van der Waals surface area contributed by atoms with Gasteiger partial charge in [-0.1, -0.05) is 0 Å². The predicted molar refractivity (Wildman–Crippen MR) is 113 cm³/mol. The number of morpholine rings is 1. The lowest BCUT2D eigenvalue weighted by atomic mass is 10.1. The lowest BCUT2D eigenvalue weighted by Gasteiger charge is -2.35. The van der Waals surface area contributed by atoms with E-state index in [9.17, 15) is 9.18 Å². The summed E-state index contributed by atoms with van der Waals surface area (Å²) in [5, 5.41) is 5.10. The zero-order valence-corrected chi connectivity index (χ0v) is 17.5. The van der Waals surface area contributed by atoms with Gasteiger partial charge in [0.05, 0.1) is 30.6 Å². The number of benzene rings is 1. The molecule has 30 heavy (non-hydrogen) atoms. The third-order valence-corrected chi connectivity index (χ3v) is 5.37. The van der Waals surface area contributed by atoms with E-state index in [1.54, 1.807) is 19.1 Å². The summed E-state index contributed by atoms with van der Waals surface area (Å²) in [6.07, 6.45) is 0. The van der Waals surface area contributed by atoms with Crippen LogP contribution in [0.1, 0.15) is 25.1 Å². The standard InChI is InChI=1S/C21H27FN6O2/c1-4-23-21(29)25-17-6-5-14(9-16(17)22)19-24-18-11-27(3)10-15(18)20(26-19)28-7-8-30-12-13(28)2/h5-6,9,13H,4,7-8,10-12H2,1-3H3,(H2,23,25,29). The van der Waals surface area contributed by atoms with Gasteiger partial charge in [-0.15, -0.1) is 0 Å². The summed E-state index contributed by atoms with van der Waals surface area (Å²) in [7, 11) is 2.05. The molecule has 1 aromatic heterocycles. The first-order valence-corrected chi connectivity index (χ1v) is 10.2. The van der Waals surface area contributed by atoms with Crippen LogP contribution < -0.4 is 15.5 Å². The van der Waals surface area contributed by atoms with Crippen molar-refractivity contribution in [2.24, 2.45) is 0 Å². The number of carbonyl (C=O) groups excluding carboxylic acids is 1. The molecular weight excluding hydrogens is 387 g/mol. The van der Waals surface area contributed by atoms with Crippen molar-refractivity contribution in [2.75, 3.05) is 43.6 Å². The highest BCUT2D eigenvalue weighted by Crippen LogP contribution is 2.33. The minimum atomic E-state index is -0.527. The molecule has 2 amide bonds. The SMILES string of the molecule is CCNC(=O)Nc1ccc(-c2nc3c(c(N4CCOCC4C)n2)CN(C)C3)cc1F. The van der Waals surface area contributed by atoms with Crippen LogP contribution >= 0.6 is 0 Å². The number of carbonyl (C=O) groups is 1. The summed E-state index contributed by atoms with van der Waals surface area (Å²) in [4.78, 5) is 25.7. The molecule has 1 aromatic carbocycles. The highest BCUT2D eigenvalue weighted by Gasteiger charge is 2.29. The summed E-state index contributed by atoms with van der Waals surface area (Å²) >= 11 is 0. The van der Waals surface area contributed by atoms with Crippen molar-refractivity contribution in [1.82, 2.24) is 20.2 Å². The highest BCUT2D eigenvalue weighted by molar-refractivity contribution is 5.89. The maximum absolute atomic E-state index is 14.7. The van der Waals surface area contributed by atoms with Gasteiger partial charge in [0.1, 0.15) is 11.6 Å². The van der Waals surface area contributed by atoms with Crippen molar-refractivity contribution in [3.05, 3.63) is 35.3 Å². The Kier molecular flexibility index (Phi) is 5.83. The number of amides is 2. The zero-order chi connectivity index (χ0) is 21.3. The normalized spacial score (nSPS) is 18.9. The van der Waals surface area contributed by atoms with Crippen molar-refractivity contribution in [2.45, 2.75) is 33.0 Å². The fourth-order valence-electron chi connectivity index (χ4n) is 3.88. The Balaban J connectivity index is 1.69. The van der Waals surface area contributed by atoms with Crippen LogP contribution in [0, 0.1) is 5.82 Å². The van der Waals surface area contributed by atoms with Crippen molar-refractivity contribution in [3.8, 4) is 11.4 Å². The summed E-state index contributed by atoms with van der Waals surface area (Å²) in [5.41, 5.74) is 2.80. The highest BCUT2D eigenvalue weighted by atomic mass is 19.1. The minimum Gasteiger partial charge on any atom is -0.377 e. The fourth-order valence-corrected chi connectivity index (χ4v) is 3.88. The predicted octanol–water partition coefficient (Wildman–Crippen LogP) is 2.59. The summed E-state index contributed by atoms with van der Waals surface area (Å²) in [6.45, 7) is 7.97. The molecule has 0 bridgehead atoms. The summed E-state index contributed by atoms with van der Waals surface area (Å²) < 4.78 is 20.2. The number of rotatable bonds is 4. The molecular formula is C21H27FN6O2. The number of urea groups is 1. The van der Waals surface area contributed by atoms with E-state index in [1.807, 2.05) is 0 Å². The zero-order valence-electron chi connectivity index (χ0n) is 17.5. The second-order valence-corrected chi connectivity index (χ2v) is 7.76. The van der Waals surface area contributed by atoms with Crippen molar-refractivity contribution in [1.29, 1.82) is 0 Å². The van der Waals surface area contributed by atoms with E-state index in [1.165, 1.54) is 6.07 Å². The van der Waals surface area contributed by atoms with Gasteiger partial charge in [-0.2, -0.15) is 0 Å². The second kappa shape index (κ2) is 8.53. The number of hydrogen-bond donors (Lipinski definition) is 2. The first-order valence-electron chi connectivity index (χ1n) is 10.2. The molecule has 2 N–H and O–H groups in total. The second-order valence-electron chi connectivity index (χ2n) is 7.76. The number of nitrogens with zero attached hydrogens (tertiary/aromatic N) is 4. The van der Waals surface area contributed by atoms with E-state index in [0.29, 0.717) is 31.1 Å². The van der Waals surface area contributed by atoms with Gasteiger partial charge < -0.3 is 20.3 Å². The first-order chi connectivity index (χ1) is 14.5. The van der Waals surface area contributed by atoms with E-state index in [2.05, 4.69) is 34.4 Å². The molecule has 1 atom stereocenters. The maximum Gasteiger partial charge on any atom is 0.319 e. The molecule has 0 radical (unpaired) electrons. The third-order valence-electron chi connectivity index (χ3n) is 5.37. The van der Waals surface area contributed by atoms with Crippen LogP contribution in [0.25, 0.3) is 11.4 Å². The lowest BCUT2D eigenvalue weighted by Crippen LogP contribution is -2.44. The Hall–Kier alpha value is -2.78. The number of anilines is 2. The Labute approximate surface area is 175 Å². The molecule has 3 heterocycles. The van der Waals surface area contributed by atoms with Gasteiger partial charge in [0.15, 0.2) is 5.82 Å². The maximum atomic E-state index is 14.7. The van der Waals surface area contributed by atoms with Gasteiger partial charge in [-0.25, -0.2) is 19.2 Å². The Morgan fingerprint density at radius 1 is 1.33 bits per heavy atom. The Morgan fingerprint density at radius 2 is 2.17 bits per heavy atom. The monoisotopic (exact) mass is 414 g/mol. The summed E-state index contributed by atoms with van der Waals surface area (Å²) in [6, 6.07) is 4.41. The molecule has 4 rings (SSSR count). The van der Waals surface area contributed by atoms with Crippen molar-refractivity contribution < 1.29 is 13.9 Å². The first kappa shape index (κ1) is 20.5. The largest absolute Gasteiger partial charge is 0.377 e. The smallest absolute Gasteiger partial charge is 0.319 e. The van der Waals surface area contributed by atoms with Gasteiger partial charge in [0.25, 0.3) is 0 Å². The molecule has 1 unspecified atom stereocenters. The van der Waals surface area contributed by atoms with Gasteiger partial charge in [0.2, 0.25) is 0 Å². The molecule has 2 aliphatic rings. The van der Waals surface area contributed by atoms with Gasteiger partial charge in [-0.05, 0) is 39.1 Å². The molecule has 8 nitrogen and oxygen atoms in total. The molecule has 0 saturated carbocycles. The minimum absolute atomic E-state index is 0.118. The van der Waals surface area contributed by atoms with Crippen LogP contribution in [0.2, 0.25) is 0 Å². The van der Waals surface area contributed by atoms with Crippen LogP contribution in [-0.2, 0) is 17.8 Å². The van der Waals surface area contributed by atoms with E-state index in [-0.39, 0.29) is 11.7 Å². The average Bonchev–Trinajstić information content (AvgIpc) is 3.09. The Morgan fingerprint density at radius 3 is 2.90 bits per heavy atom. The van der Waals surface area contributed by atoms with Gasteiger partial charge in [-0.3, -0.25) is 4.90 Å². The van der Waals surface area contributed by atoms with Crippen LogP contribution in [-0.4, -0.2) is 60.3 Å². The number of halogens is 1. The van der Waals surface area contributed by atoms with Crippen LogP contribution in [0.5, 0.6) is 0 Å². The molecule has 0 aliphatic carbocycles. The number of ether oxygens (including phenoxy) is 1. The van der Waals surface area contributed by atoms with Crippen LogP contribution in [0.3, 0.4) is 0 Å². The Bertz CT molecular complexity index is 953. The number of hydrogen-bond acceptors (Lipinski definition) is 6. The lowest BCUT2D eigenvalue weighted by molar-refractivity contribution is 0.0984. The van der Waals surface area contributed by atoms with E-state index in [4.69, 9.17) is 14.7 Å². The van der Waals surface area contributed by atoms with E-state index < -0.39 is 11.8 Å². The van der Waals surface area contributed by atoms with E-state index >= 15 is 0 Å². The molecule has 1 saturated heterocycles. The fraction of sp³-hybridized carbons (Fsp3) is 0.476. The van der Waals surface area contributed by atoms with Crippen molar-refractivity contribution in [3.63, 3.8) is 0 Å². The van der Waals surface area contributed by atoms with Crippen molar-refractivity contribution >= 4 is 17.5 Å². The molecule has 1 fully saturated rings. The average molecular weight is 414 g/mol. The third kappa shape index (κ3) is 4.08. The van der Waals surface area contributed by atoms with Gasteiger partial charge in [0, 0.05) is 37.3 Å². The number of nitrogens with one attached hydrogen (secondary N) is 2. The van der Waals surface area contributed by atoms with E-state index in [0.717, 1.165) is 36.7 Å². The number of aromatic nitrogens is 2. The summed E-state index contributed by atoms with van der Waals surface area (Å²) in [5.74, 6) is 0.863. The topological polar surface area (TPSA) is 82.6 Å². The quantitative estimate of drug-likeness (QED) is 0.800. The molecule has 2 aromatic rings. The van der Waals surface area contributed by atoms with Crippen LogP contribution in [0.15, 0.2) is 18.2 Å². The molecule has 2 aliphatic heterocycles. The molecule has 9 heteroatoms. The molecule has 0 spiro atoms. The molecule has 160 valence electrons. The van der Waals surface area contributed by atoms with Gasteiger partial charge >= 0.3 is 6.03 Å². The number of fused-ring (bicyclic) bond motifs is 1. The van der Waals surface area contributed by atoms with Crippen LogP contribution in [0.4, 0.5) is 20.7 Å².